The molecule has 0 spiro atoms. The van der Waals surface area contributed by atoms with Gasteiger partial charge in [0.1, 0.15) is 5.82 Å². The molecule has 0 bridgehead atoms. The highest BCUT2D eigenvalue weighted by atomic mass is 35.5. The molecule has 0 saturated carbocycles. The molecule has 4 N–H and O–H groups in total. The number of nitrogens with one attached hydrogen (secondary N) is 2. The first-order valence-corrected chi connectivity index (χ1v) is 5.23. The van der Waals surface area contributed by atoms with Gasteiger partial charge in [0.05, 0.1) is 0 Å². The van der Waals surface area contributed by atoms with Crippen LogP contribution >= 0.6 is 12.4 Å². The molecule has 96 valence electrons. The predicted octanol–water partition coefficient (Wildman–Crippen LogP) is 2.11. The van der Waals surface area contributed by atoms with Crippen LogP contribution in [-0.4, -0.2) is 19.1 Å². The number of hydrogen-bond donors (Lipinski definition) is 3. The summed E-state index contributed by atoms with van der Waals surface area (Å²) in [7, 11) is 0. The minimum Gasteiger partial charge on any atom is -0.338 e. The van der Waals surface area contributed by atoms with Gasteiger partial charge in [0.25, 0.3) is 0 Å². The summed E-state index contributed by atoms with van der Waals surface area (Å²) in [6.07, 6.45) is 1.72. The van der Waals surface area contributed by atoms with Crippen molar-refractivity contribution in [3.05, 3.63) is 30.1 Å². The van der Waals surface area contributed by atoms with Crippen molar-refractivity contribution in [3.63, 3.8) is 0 Å². The minimum absolute atomic E-state index is 0. The molecular weight excluding hydrogens is 245 g/mol. The van der Waals surface area contributed by atoms with Gasteiger partial charge >= 0.3 is 6.03 Å². The standard InChI is InChI=1S/C11H16FN3O.ClH/c12-9-4-3-5-10(8-9)15-11(16)14-7-2-1-6-13;/h3-5,8H,1-2,6-7,13H2,(H2,14,15,16);1H. The molecule has 0 heterocycles. The zero-order valence-electron chi connectivity index (χ0n) is 9.41. The van der Waals surface area contributed by atoms with Crippen molar-refractivity contribution in [1.29, 1.82) is 0 Å². The molecule has 1 rings (SSSR count). The molecule has 17 heavy (non-hydrogen) atoms. The van der Waals surface area contributed by atoms with E-state index in [0.717, 1.165) is 12.8 Å². The molecule has 0 aliphatic heterocycles. The Balaban J connectivity index is 0.00000256. The molecule has 4 nitrogen and oxygen atoms in total. The van der Waals surface area contributed by atoms with Gasteiger partial charge in [-0.1, -0.05) is 6.07 Å². The van der Waals surface area contributed by atoms with E-state index < -0.39 is 0 Å². The number of benzene rings is 1. The average Bonchev–Trinajstić information content (AvgIpc) is 2.24. The number of urea groups is 1. The van der Waals surface area contributed by atoms with E-state index in [1.165, 1.54) is 12.1 Å². The third-order valence-electron chi connectivity index (χ3n) is 2.00. The quantitative estimate of drug-likeness (QED) is 0.711. The molecule has 0 atom stereocenters. The summed E-state index contributed by atoms with van der Waals surface area (Å²) >= 11 is 0. The number of unbranched alkanes of at least 4 members (excludes halogenated alkanes) is 1. The zero-order valence-corrected chi connectivity index (χ0v) is 10.2. The van der Waals surface area contributed by atoms with Crippen LogP contribution < -0.4 is 16.4 Å². The smallest absolute Gasteiger partial charge is 0.319 e. The van der Waals surface area contributed by atoms with E-state index in [-0.39, 0.29) is 24.3 Å². The van der Waals surface area contributed by atoms with Crippen molar-refractivity contribution in [2.45, 2.75) is 12.8 Å². The van der Waals surface area contributed by atoms with Gasteiger partial charge in [0.2, 0.25) is 0 Å². The second-order valence-corrected chi connectivity index (χ2v) is 3.39. The molecular formula is C11H17ClFN3O. The molecule has 0 fully saturated rings. The van der Waals surface area contributed by atoms with Crippen LogP contribution in [0.3, 0.4) is 0 Å². The Kier molecular flexibility index (Phi) is 8.09. The van der Waals surface area contributed by atoms with Crippen molar-refractivity contribution >= 4 is 24.1 Å². The van der Waals surface area contributed by atoms with Crippen molar-refractivity contribution < 1.29 is 9.18 Å². The zero-order chi connectivity index (χ0) is 11.8. The van der Waals surface area contributed by atoms with E-state index in [2.05, 4.69) is 10.6 Å². The Bertz CT molecular complexity index is 349. The Labute approximate surface area is 106 Å². The number of nitrogens with two attached hydrogens (primary N) is 1. The number of rotatable bonds is 5. The number of carbonyl (C=O) groups excluding carboxylic acids is 1. The number of anilines is 1. The summed E-state index contributed by atoms with van der Waals surface area (Å²) < 4.78 is 12.8. The molecule has 0 unspecified atom stereocenters. The topological polar surface area (TPSA) is 67.1 Å². The third-order valence-corrected chi connectivity index (χ3v) is 2.00. The first-order chi connectivity index (χ1) is 7.72. The fraction of sp³-hybridized carbons (Fsp3) is 0.364. The normalized spacial score (nSPS) is 9.29. The molecule has 6 heteroatoms. The Morgan fingerprint density at radius 1 is 1.35 bits per heavy atom. The van der Waals surface area contributed by atoms with Crippen LogP contribution in [0.2, 0.25) is 0 Å². The van der Waals surface area contributed by atoms with Crippen LogP contribution in [0.25, 0.3) is 0 Å². The van der Waals surface area contributed by atoms with Gasteiger partial charge in [-0.2, -0.15) is 0 Å². The van der Waals surface area contributed by atoms with Crippen molar-refractivity contribution in [1.82, 2.24) is 5.32 Å². The van der Waals surface area contributed by atoms with Gasteiger partial charge in [-0.05, 0) is 37.6 Å². The summed E-state index contributed by atoms with van der Waals surface area (Å²) in [6.45, 7) is 1.19. The van der Waals surface area contributed by atoms with Gasteiger partial charge in [0.15, 0.2) is 0 Å². The van der Waals surface area contributed by atoms with Gasteiger partial charge in [-0.3, -0.25) is 0 Å². The minimum atomic E-state index is -0.374. The number of halogens is 2. The molecule has 2 amide bonds. The molecule has 0 radical (unpaired) electrons. The molecule has 0 aliphatic carbocycles. The Morgan fingerprint density at radius 3 is 2.76 bits per heavy atom. The van der Waals surface area contributed by atoms with E-state index >= 15 is 0 Å². The summed E-state index contributed by atoms with van der Waals surface area (Å²) in [5.41, 5.74) is 5.76. The maximum atomic E-state index is 12.8. The summed E-state index contributed by atoms with van der Waals surface area (Å²) in [4.78, 5) is 11.3. The average molecular weight is 262 g/mol. The van der Waals surface area contributed by atoms with Crippen LogP contribution in [0.1, 0.15) is 12.8 Å². The maximum absolute atomic E-state index is 12.8. The molecule has 1 aromatic carbocycles. The first-order valence-electron chi connectivity index (χ1n) is 5.23. The summed E-state index contributed by atoms with van der Waals surface area (Å²) in [5.74, 6) is -0.374. The lowest BCUT2D eigenvalue weighted by molar-refractivity contribution is 0.252. The number of hydrogen-bond acceptors (Lipinski definition) is 2. The van der Waals surface area contributed by atoms with Gasteiger partial charge < -0.3 is 16.4 Å². The van der Waals surface area contributed by atoms with E-state index in [0.29, 0.717) is 18.8 Å². The Hall–Kier alpha value is -1.33. The fourth-order valence-electron chi connectivity index (χ4n) is 1.21. The van der Waals surface area contributed by atoms with Crippen LogP contribution in [0, 0.1) is 5.82 Å². The highest BCUT2D eigenvalue weighted by Crippen LogP contribution is 2.08. The molecule has 0 aliphatic rings. The van der Waals surface area contributed by atoms with Gasteiger partial charge in [-0.15, -0.1) is 12.4 Å². The van der Waals surface area contributed by atoms with Crippen molar-refractivity contribution in [3.8, 4) is 0 Å². The number of carbonyl (C=O) groups is 1. The SMILES string of the molecule is Cl.NCCCCNC(=O)Nc1cccc(F)c1. The van der Waals surface area contributed by atoms with Crippen LogP contribution in [0.15, 0.2) is 24.3 Å². The first kappa shape index (κ1) is 15.7. The molecule has 0 saturated heterocycles. The summed E-state index contributed by atoms with van der Waals surface area (Å²) in [6, 6.07) is 5.42. The third kappa shape index (κ3) is 6.76. The second-order valence-electron chi connectivity index (χ2n) is 3.39. The fourth-order valence-corrected chi connectivity index (χ4v) is 1.21. The number of amides is 2. The lowest BCUT2D eigenvalue weighted by Crippen LogP contribution is -2.29. The van der Waals surface area contributed by atoms with E-state index in [1.54, 1.807) is 12.1 Å². The monoisotopic (exact) mass is 261 g/mol. The Morgan fingerprint density at radius 2 is 2.12 bits per heavy atom. The molecule has 0 aromatic heterocycles. The van der Waals surface area contributed by atoms with Gasteiger partial charge in [-0.25, -0.2) is 9.18 Å². The van der Waals surface area contributed by atoms with E-state index in [1.807, 2.05) is 0 Å². The lowest BCUT2D eigenvalue weighted by atomic mass is 10.3. The van der Waals surface area contributed by atoms with Crippen LogP contribution in [-0.2, 0) is 0 Å². The largest absolute Gasteiger partial charge is 0.338 e. The van der Waals surface area contributed by atoms with E-state index in [4.69, 9.17) is 5.73 Å². The van der Waals surface area contributed by atoms with E-state index in [9.17, 15) is 9.18 Å². The lowest BCUT2D eigenvalue weighted by Gasteiger charge is -2.07. The van der Waals surface area contributed by atoms with Crippen molar-refractivity contribution in [2.24, 2.45) is 5.73 Å². The van der Waals surface area contributed by atoms with Gasteiger partial charge in [0, 0.05) is 12.2 Å². The van der Waals surface area contributed by atoms with Crippen LogP contribution in [0.5, 0.6) is 0 Å². The second kappa shape index (κ2) is 8.78. The maximum Gasteiger partial charge on any atom is 0.319 e. The molecule has 1 aromatic rings. The summed E-state index contributed by atoms with van der Waals surface area (Å²) in [5, 5.41) is 5.20. The van der Waals surface area contributed by atoms with Crippen molar-refractivity contribution in [2.75, 3.05) is 18.4 Å². The van der Waals surface area contributed by atoms with Crippen LogP contribution in [0.4, 0.5) is 14.9 Å². The highest BCUT2D eigenvalue weighted by Gasteiger charge is 2.00. The highest BCUT2D eigenvalue weighted by molar-refractivity contribution is 5.89. The predicted molar refractivity (Wildman–Crippen MR) is 69.0 cm³/mol.